The molecule has 1 aliphatic rings. The van der Waals surface area contributed by atoms with Crippen molar-refractivity contribution in [2.24, 2.45) is 0 Å². The standard InChI is InChI=1S/C10H13NO7/c1-2-5(8(15)16)11-6(12)3-10(18,9(11)17)4-7(13)14/h5,18H,2-4H2,1H3,(H,13,14)(H,15,16). The van der Waals surface area contributed by atoms with Crippen molar-refractivity contribution in [2.45, 2.75) is 37.8 Å². The number of hydrogen-bond acceptors (Lipinski definition) is 5. The number of carbonyl (C=O) groups excluding carboxylic acids is 2. The van der Waals surface area contributed by atoms with E-state index in [-0.39, 0.29) is 6.42 Å². The molecule has 0 saturated carbocycles. The lowest BCUT2D eigenvalue weighted by molar-refractivity contribution is -0.160. The van der Waals surface area contributed by atoms with E-state index < -0.39 is 48.2 Å². The van der Waals surface area contributed by atoms with Crippen LogP contribution in [0.3, 0.4) is 0 Å². The average Bonchev–Trinajstić information content (AvgIpc) is 2.41. The number of carboxylic acids is 2. The Bertz CT molecular complexity index is 418. The summed E-state index contributed by atoms with van der Waals surface area (Å²) in [6, 6.07) is -1.38. The van der Waals surface area contributed by atoms with Crippen molar-refractivity contribution in [3.63, 3.8) is 0 Å². The maximum absolute atomic E-state index is 11.8. The van der Waals surface area contributed by atoms with E-state index in [9.17, 15) is 24.3 Å². The Morgan fingerprint density at radius 1 is 1.39 bits per heavy atom. The fourth-order valence-electron chi connectivity index (χ4n) is 1.92. The second kappa shape index (κ2) is 4.73. The van der Waals surface area contributed by atoms with Crippen molar-refractivity contribution in [3.8, 4) is 0 Å². The van der Waals surface area contributed by atoms with Crippen molar-refractivity contribution < 1.29 is 34.5 Å². The molecule has 0 spiro atoms. The molecule has 0 aromatic carbocycles. The largest absolute Gasteiger partial charge is 0.481 e. The lowest BCUT2D eigenvalue weighted by Crippen LogP contribution is -2.48. The Hall–Kier alpha value is -1.96. The summed E-state index contributed by atoms with van der Waals surface area (Å²) in [6.07, 6.45) is -1.65. The Kier molecular flexibility index (Phi) is 3.70. The lowest BCUT2D eigenvalue weighted by Gasteiger charge is -2.23. The first-order chi connectivity index (χ1) is 8.23. The molecule has 100 valence electrons. The van der Waals surface area contributed by atoms with Crippen LogP contribution in [0.2, 0.25) is 0 Å². The average molecular weight is 259 g/mol. The number of amides is 2. The highest BCUT2D eigenvalue weighted by Gasteiger charge is 2.54. The second-order valence-corrected chi connectivity index (χ2v) is 4.11. The molecule has 2 unspecified atom stereocenters. The van der Waals surface area contributed by atoms with Gasteiger partial charge < -0.3 is 15.3 Å². The highest BCUT2D eigenvalue weighted by atomic mass is 16.4. The van der Waals surface area contributed by atoms with E-state index >= 15 is 0 Å². The van der Waals surface area contributed by atoms with E-state index in [0.717, 1.165) is 0 Å². The summed E-state index contributed by atoms with van der Waals surface area (Å²) in [5, 5.41) is 27.3. The fourth-order valence-corrected chi connectivity index (χ4v) is 1.92. The Morgan fingerprint density at radius 2 is 1.94 bits per heavy atom. The molecule has 0 aromatic rings. The minimum absolute atomic E-state index is 0.0179. The zero-order chi connectivity index (χ0) is 14.1. The second-order valence-electron chi connectivity index (χ2n) is 4.11. The van der Waals surface area contributed by atoms with Gasteiger partial charge in [-0.2, -0.15) is 0 Å². The maximum Gasteiger partial charge on any atom is 0.326 e. The van der Waals surface area contributed by atoms with E-state index in [1.807, 2.05) is 0 Å². The number of hydrogen-bond donors (Lipinski definition) is 3. The molecule has 1 saturated heterocycles. The molecule has 8 heteroatoms. The first-order valence-electron chi connectivity index (χ1n) is 5.26. The zero-order valence-electron chi connectivity index (χ0n) is 9.62. The quantitative estimate of drug-likeness (QED) is 0.529. The molecular weight excluding hydrogens is 246 g/mol. The zero-order valence-corrected chi connectivity index (χ0v) is 9.62. The predicted molar refractivity (Wildman–Crippen MR) is 55.4 cm³/mol. The molecular formula is C10H13NO7. The first kappa shape index (κ1) is 14.1. The van der Waals surface area contributed by atoms with Gasteiger partial charge in [0.05, 0.1) is 12.8 Å². The van der Waals surface area contributed by atoms with Gasteiger partial charge in [0.25, 0.3) is 5.91 Å². The van der Waals surface area contributed by atoms with Crippen LogP contribution >= 0.6 is 0 Å². The summed E-state index contributed by atoms with van der Waals surface area (Å²) < 4.78 is 0. The third kappa shape index (κ3) is 2.33. The molecule has 1 rings (SSSR count). The van der Waals surface area contributed by atoms with Crippen molar-refractivity contribution in [1.29, 1.82) is 0 Å². The number of nitrogens with zero attached hydrogens (tertiary/aromatic N) is 1. The molecule has 1 aliphatic heterocycles. The van der Waals surface area contributed by atoms with Crippen molar-refractivity contribution in [2.75, 3.05) is 0 Å². The summed E-state index contributed by atoms with van der Waals surface area (Å²) in [4.78, 5) is 45.2. The third-order valence-electron chi connectivity index (χ3n) is 2.76. The van der Waals surface area contributed by atoms with Crippen LogP contribution in [0.5, 0.6) is 0 Å². The van der Waals surface area contributed by atoms with Gasteiger partial charge in [0, 0.05) is 0 Å². The van der Waals surface area contributed by atoms with E-state index in [1.54, 1.807) is 0 Å². The third-order valence-corrected chi connectivity index (χ3v) is 2.76. The first-order valence-corrected chi connectivity index (χ1v) is 5.26. The predicted octanol–water partition coefficient (Wildman–Crippen LogP) is -1.19. The molecule has 1 heterocycles. The summed E-state index contributed by atoms with van der Waals surface area (Å²) in [5.74, 6) is -4.86. The summed E-state index contributed by atoms with van der Waals surface area (Å²) in [7, 11) is 0. The van der Waals surface area contributed by atoms with Crippen LogP contribution in [0.1, 0.15) is 26.2 Å². The van der Waals surface area contributed by atoms with Gasteiger partial charge in [-0.05, 0) is 6.42 Å². The van der Waals surface area contributed by atoms with Crippen molar-refractivity contribution >= 4 is 23.8 Å². The van der Waals surface area contributed by atoms with Crippen LogP contribution in [-0.4, -0.2) is 55.6 Å². The fraction of sp³-hybridized carbons (Fsp3) is 0.600. The van der Waals surface area contributed by atoms with Crippen molar-refractivity contribution in [1.82, 2.24) is 4.90 Å². The molecule has 0 bridgehead atoms. The van der Waals surface area contributed by atoms with Crippen LogP contribution in [0.25, 0.3) is 0 Å². The Labute approximate surface area is 102 Å². The van der Waals surface area contributed by atoms with E-state index in [2.05, 4.69) is 0 Å². The number of aliphatic carboxylic acids is 2. The van der Waals surface area contributed by atoms with Gasteiger partial charge in [-0.1, -0.05) is 6.92 Å². The molecule has 3 N–H and O–H groups in total. The minimum atomic E-state index is -2.34. The Morgan fingerprint density at radius 3 is 2.33 bits per heavy atom. The van der Waals surface area contributed by atoms with Gasteiger partial charge in [-0.15, -0.1) is 0 Å². The molecule has 18 heavy (non-hydrogen) atoms. The van der Waals surface area contributed by atoms with Gasteiger partial charge in [-0.3, -0.25) is 19.3 Å². The number of carboxylic acid groups (broad SMARTS) is 2. The monoisotopic (exact) mass is 259 g/mol. The topological polar surface area (TPSA) is 132 Å². The summed E-state index contributed by atoms with van der Waals surface area (Å²) >= 11 is 0. The van der Waals surface area contributed by atoms with Crippen LogP contribution < -0.4 is 0 Å². The number of rotatable bonds is 5. The number of likely N-dealkylation sites (tertiary alicyclic amines) is 1. The van der Waals surface area contributed by atoms with Gasteiger partial charge in [-0.25, -0.2) is 4.79 Å². The molecule has 2 atom stereocenters. The van der Waals surface area contributed by atoms with Gasteiger partial charge in [0.2, 0.25) is 5.91 Å². The van der Waals surface area contributed by atoms with Gasteiger partial charge in [0.15, 0.2) is 5.60 Å². The normalized spacial score (nSPS) is 25.3. The maximum atomic E-state index is 11.8. The summed E-state index contributed by atoms with van der Waals surface area (Å²) in [5.41, 5.74) is -2.34. The molecule has 0 radical (unpaired) electrons. The van der Waals surface area contributed by atoms with Crippen LogP contribution in [0.4, 0.5) is 0 Å². The number of aliphatic hydroxyl groups is 1. The van der Waals surface area contributed by atoms with E-state index in [0.29, 0.717) is 4.90 Å². The van der Waals surface area contributed by atoms with E-state index in [1.165, 1.54) is 6.92 Å². The SMILES string of the molecule is CCC(C(=O)O)N1C(=O)CC(O)(CC(=O)O)C1=O. The molecule has 1 fully saturated rings. The Balaban J connectivity index is 3.04. The lowest BCUT2D eigenvalue weighted by atomic mass is 9.98. The number of imide groups is 1. The summed E-state index contributed by atoms with van der Waals surface area (Å²) in [6.45, 7) is 1.47. The molecule has 0 aromatic heterocycles. The highest BCUT2D eigenvalue weighted by molar-refractivity contribution is 6.10. The van der Waals surface area contributed by atoms with Crippen molar-refractivity contribution in [3.05, 3.63) is 0 Å². The smallest absolute Gasteiger partial charge is 0.326 e. The molecule has 0 aliphatic carbocycles. The molecule has 2 amide bonds. The van der Waals surface area contributed by atoms with Crippen LogP contribution in [0, 0.1) is 0 Å². The van der Waals surface area contributed by atoms with Gasteiger partial charge >= 0.3 is 11.9 Å². The highest BCUT2D eigenvalue weighted by Crippen LogP contribution is 2.29. The van der Waals surface area contributed by atoms with E-state index in [4.69, 9.17) is 10.2 Å². The number of carbonyl (C=O) groups is 4. The van der Waals surface area contributed by atoms with Crippen LogP contribution in [0.15, 0.2) is 0 Å². The molecule has 8 nitrogen and oxygen atoms in total. The van der Waals surface area contributed by atoms with Crippen LogP contribution in [-0.2, 0) is 19.2 Å². The van der Waals surface area contributed by atoms with Gasteiger partial charge in [0.1, 0.15) is 6.04 Å². The minimum Gasteiger partial charge on any atom is -0.481 e.